The topological polar surface area (TPSA) is 110 Å². The minimum Gasteiger partial charge on any atom is -0.488 e. The van der Waals surface area contributed by atoms with E-state index < -0.39 is 9.84 Å². The highest BCUT2D eigenvalue weighted by Crippen LogP contribution is 2.32. The molecule has 10 heteroatoms. The number of pyridine rings is 2. The molecule has 37 heavy (non-hydrogen) atoms. The zero-order valence-corrected chi connectivity index (χ0v) is 22.0. The molecule has 0 radical (unpaired) electrons. The van der Waals surface area contributed by atoms with Crippen LogP contribution in [-0.4, -0.2) is 78.5 Å². The molecule has 2 amide bonds. The highest BCUT2D eigenvalue weighted by molar-refractivity contribution is 7.90. The molecule has 0 N–H and O–H groups in total. The fourth-order valence-corrected chi connectivity index (χ4v) is 6.16. The summed E-state index contributed by atoms with van der Waals surface area (Å²) in [4.78, 5) is 36.9. The van der Waals surface area contributed by atoms with Crippen LogP contribution in [0.2, 0.25) is 0 Å². The van der Waals surface area contributed by atoms with Gasteiger partial charge in [-0.15, -0.1) is 0 Å². The van der Waals surface area contributed by atoms with Crippen LogP contribution in [0.15, 0.2) is 47.8 Å². The largest absolute Gasteiger partial charge is 0.488 e. The lowest BCUT2D eigenvalue weighted by Crippen LogP contribution is -2.37. The molecule has 2 fully saturated rings. The first-order valence-electron chi connectivity index (χ1n) is 12.4. The van der Waals surface area contributed by atoms with Gasteiger partial charge in [0.2, 0.25) is 11.8 Å². The van der Waals surface area contributed by atoms with Crippen molar-refractivity contribution in [3.8, 4) is 16.9 Å². The van der Waals surface area contributed by atoms with Crippen molar-refractivity contribution in [3.05, 3.63) is 48.3 Å². The lowest BCUT2D eigenvalue weighted by Gasteiger charge is -2.21. The standard InChI is InChI=1S/C27H30N4O5S/c1-17-12-20(14-29-26(17)37(3,34)35)23-6-9-28-25-5-4-21(13-24(23)25)36-22-8-11-31(16-22)27(33)19-7-10-30(15-19)18(2)32/h4-6,9,12-14,19,22H,7-8,10-11,15-16H2,1-3H3. The van der Waals surface area contributed by atoms with Crippen LogP contribution in [0.25, 0.3) is 22.0 Å². The van der Waals surface area contributed by atoms with Crippen LogP contribution in [0.4, 0.5) is 0 Å². The summed E-state index contributed by atoms with van der Waals surface area (Å²) < 4.78 is 30.2. The first-order chi connectivity index (χ1) is 17.6. The third kappa shape index (κ3) is 5.16. The second-order valence-electron chi connectivity index (χ2n) is 9.92. The van der Waals surface area contributed by atoms with Crippen LogP contribution in [0.3, 0.4) is 0 Å². The van der Waals surface area contributed by atoms with E-state index in [1.165, 1.54) is 0 Å². The Kier molecular flexibility index (Phi) is 6.61. The molecule has 2 aliphatic heterocycles. The van der Waals surface area contributed by atoms with Gasteiger partial charge in [0, 0.05) is 62.6 Å². The maximum Gasteiger partial charge on any atom is 0.227 e. The number of nitrogens with zero attached hydrogens (tertiary/aromatic N) is 4. The van der Waals surface area contributed by atoms with Crippen LogP contribution < -0.4 is 4.74 Å². The fraction of sp³-hybridized carbons (Fsp3) is 0.407. The van der Waals surface area contributed by atoms with E-state index >= 15 is 0 Å². The van der Waals surface area contributed by atoms with E-state index in [-0.39, 0.29) is 28.9 Å². The number of ether oxygens (including phenoxy) is 1. The summed E-state index contributed by atoms with van der Waals surface area (Å²) in [6.07, 6.45) is 5.77. The molecule has 0 saturated carbocycles. The molecule has 194 valence electrons. The molecule has 0 spiro atoms. The Bertz CT molecular complexity index is 1490. The second-order valence-corrected chi connectivity index (χ2v) is 11.9. The molecular weight excluding hydrogens is 492 g/mol. The fourth-order valence-electron chi connectivity index (χ4n) is 5.27. The van der Waals surface area contributed by atoms with Crippen molar-refractivity contribution in [2.45, 2.75) is 37.8 Å². The van der Waals surface area contributed by atoms with E-state index in [2.05, 4.69) is 9.97 Å². The van der Waals surface area contributed by atoms with Crippen molar-refractivity contribution in [3.63, 3.8) is 0 Å². The molecule has 2 atom stereocenters. The normalized spacial score (nSPS) is 20.0. The number of carbonyl (C=O) groups is 2. The SMILES string of the molecule is CC(=O)N1CCC(C(=O)N2CCC(Oc3ccc4nccc(-c5cnc(S(C)(=O)=O)c(C)c5)c4c3)C2)C1. The minimum atomic E-state index is -3.41. The number of amides is 2. The van der Waals surface area contributed by atoms with Crippen LogP contribution in [0, 0.1) is 12.8 Å². The van der Waals surface area contributed by atoms with E-state index in [9.17, 15) is 18.0 Å². The third-order valence-corrected chi connectivity index (χ3v) is 8.28. The van der Waals surface area contributed by atoms with Crippen molar-refractivity contribution < 1.29 is 22.7 Å². The third-order valence-electron chi connectivity index (χ3n) is 7.15. The zero-order valence-electron chi connectivity index (χ0n) is 21.2. The number of aromatic nitrogens is 2. The van der Waals surface area contributed by atoms with Gasteiger partial charge in [0.1, 0.15) is 11.9 Å². The summed E-state index contributed by atoms with van der Waals surface area (Å²) in [5, 5.41) is 0.945. The van der Waals surface area contributed by atoms with Gasteiger partial charge < -0.3 is 14.5 Å². The van der Waals surface area contributed by atoms with E-state index in [4.69, 9.17) is 4.74 Å². The van der Waals surface area contributed by atoms with Crippen LogP contribution in [0.1, 0.15) is 25.3 Å². The van der Waals surface area contributed by atoms with Gasteiger partial charge in [-0.05, 0) is 54.8 Å². The Balaban J connectivity index is 1.33. The van der Waals surface area contributed by atoms with E-state index in [1.807, 2.05) is 35.2 Å². The molecule has 0 bridgehead atoms. The quantitative estimate of drug-likeness (QED) is 0.507. The summed E-state index contributed by atoms with van der Waals surface area (Å²) in [5.74, 6) is 0.658. The first-order valence-corrected chi connectivity index (χ1v) is 14.3. The monoisotopic (exact) mass is 522 g/mol. The van der Waals surface area contributed by atoms with Crippen molar-refractivity contribution >= 4 is 32.6 Å². The summed E-state index contributed by atoms with van der Waals surface area (Å²) in [7, 11) is -3.41. The van der Waals surface area contributed by atoms with Gasteiger partial charge in [-0.2, -0.15) is 0 Å². The zero-order chi connectivity index (χ0) is 26.3. The molecule has 2 aromatic heterocycles. The van der Waals surface area contributed by atoms with Gasteiger partial charge in [0.05, 0.1) is 18.0 Å². The van der Waals surface area contributed by atoms with Crippen LogP contribution >= 0.6 is 0 Å². The van der Waals surface area contributed by atoms with Gasteiger partial charge in [-0.25, -0.2) is 13.4 Å². The molecule has 2 unspecified atom stereocenters. The number of hydrogen-bond acceptors (Lipinski definition) is 7. The molecule has 5 rings (SSSR count). The predicted octanol–water partition coefficient (Wildman–Crippen LogP) is 2.86. The Morgan fingerprint density at radius 3 is 2.51 bits per heavy atom. The lowest BCUT2D eigenvalue weighted by atomic mass is 10.0. The van der Waals surface area contributed by atoms with Crippen molar-refractivity contribution in [1.29, 1.82) is 0 Å². The number of aryl methyl sites for hydroxylation is 1. The first kappa shape index (κ1) is 25.1. The van der Waals surface area contributed by atoms with Gasteiger partial charge in [-0.1, -0.05) is 0 Å². The highest BCUT2D eigenvalue weighted by atomic mass is 32.2. The Labute approximate surface area is 216 Å². The summed E-state index contributed by atoms with van der Waals surface area (Å²) >= 11 is 0. The molecule has 1 aromatic carbocycles. The van der Waals surface area contributed by atoms with Gasteiger partial charge in [-0.3, -0.25) is 14.6 Å². The summed E-state index contributed by atoms with van der Waals surface area (Å²) in [6, 6.07) is 9.41. The molecule has 4 heterocycles. The predicted molar refractivity (Wildman–Crippen MR) is 139 cm³/mol. The average molecular weight is 523 g/mol. The number of rotatable bonds is 5. The Morgan fingerprint density at radius 2 is 1.81 bits per heavy atom. The van der Waals surface area contributed by atoms with Gasteiger partial charge in [0.15, 0.2) is 14.9 Å². The number of carbonyl (C=O) groups excluding carboxylic acids is 2. The van der Waals surface area contributed by atoms with E-state index in [0.29, 0.717) is 43.9 Å². The summed E-state index contributed by atoms with van der Waals surface area (Å²) in [5.41, 5.74) is 3.05. The second kappa shape index (κ2) is 9.74. The molecule has 0 aliphatic carbocycles. The maximum absolute atomic E-state index is 13.0. The summed E-state index contributed by atoms with van der Waals surface area (Å²) in [6.45, 7) is 5.57. The van der Waals surface area contributed by atoms with Gasteiger partial charge in [0.25, 0.3) is 0 Å². The molecule has 9 nitrogen and oxygen atoms in total. The smallest absolute Gasteiger partial charge is 0.227 e. The van der Waals surface area contributed by atoms with E-state index in [0.717, 1.165) is 34.7 Å². The highest BCUT2D eigenvalue weighted by Gasteiger charge is 2.36. The van der Waals surface area contributed by atoms with Crippen molar-refractivity contribution in [2.24, 2.45) is 5.92 Å². The number of hydrogen-bond donors (Lipinski definition) is 0. The van der Waals surface area contributed by atoms with Crippen molar-refractivity contribution in [1.82, 2.24) is 19.8 Å². The molecular formula is C27H30N4O5S. The minimum absolute atomic E-state index is 0.0142. The Morgan fingerprint density at radius 1 is 1.03 bits per heavy atom. The average Bonchev–Trinajstić information content (AvgIpc) is 3.53. The molecule has 3 aromatic rings. The lowest BCUT2D eigenvalue weighted by molar-refractivity contribution is -0.134. The number of likely N-dealkylation sites (tertiary alicyclic amines) is 2. The number of fused-ring (bicyclic) bond motifs is 1. The van der Waals surface area contributed by atoms with E-state index in [1.54, 1.807) is 31.1 Å². The molecule has 2 aliphatic rings. The molecule has 2 saturated heterocycles. The maximum atomic E-state index is 13.0. The van der Waals surface area contributed by atoms with Crippen LogP contribution in [-0.2, 0) is 19.4 Å². The Hall–Kier alpha value is -3.53. The number of sulfone groups is 1. The van der Waals surface area contributed by atoms with Crippen LogP contribution in [0.5, 0.6) is 5.75 Å². The van der Waals surface area contributed by atoms with Crippen molar-refractivity contribution in [2.75, 3.05) is 32.4 Å². The van der Waals surface area contributed by atoms with Gasteiger partial charge >= 0.3 is 0 Å². The number of benzene rings is 1.